The van der Waals surface area contributed by atoms with Crippen molar-refractivity contribution in [1.82, 2.24) is 0 Å². The largest absolute Gasteiger partial charge is 1.00 e. The van der Waals surface area contributed by atoms with E-state index in [0.29, 0.717) is 6.61 Å². The second-order valence-electron chi connectivity index (χ2n) is 5.28. The van der Waals surface area contributed by atoms with Crippen LogP contribution < -0.4 is 51.4 Å². The molecule has 0 aromatic heterocycles. The number of benzene rings is 1. The molecule has 132 valence electrons. The number of hydrogen-bond acceptors (Lipinski definition) is 8. The smallest absolute Gasteiger partial charge is 0.761 e. The van der Waals surface area contributed by atoms with Gasteiger partial charge in [-0.1, -0.05) is 12.1 Å². The number of rotatable bonds is 5. The summed E-state index contributed by atoms with van der Waals surface area (Å²) in [7, 11) is -2.53. The van der Waals surface area contributed by atoms with Crippen LogP contribution in [-0.2, 0) is 24.0 Å². The van der Waals surface area contributed by atoms with Crippen molar-refractivity contribution < 1.29 is 92.2 Å². The zero-order valence-electron chi connectivity index (χ0n) is 13.8. The van der Waals surface area contributed by atoms with Gasteiger partial charge < -0.3 is 23.4 Å². The van der Waals surface area contributed by atoms with Crippen molar-refractivity contribution in [3.63, 3.8) is 0 Å². The summed E-state index contributed by atoms with van der Waals surface area (Å²) in [6.07, 6.45) is 0. The van der Waals surface area contributed by atoms with E-state index in [-0.39, 0.29) is 62.7 Å². The van der Waals surface area contributed by atoms with Crippen LogP contribution in [0.1, 0.15) is 10.4 Å². The molecule has 0 aliphatic carbocycles. The molecule has 1 atom stereocenters. The van der Waals surface area contributed by atoms with Crippen LogP contribution in [0.5, 0.6) is 5.75 Å². The molecule has 0 spiro atoms. The van der Waals surface area contributed by atoms with E-state index in [1.54, 1.807) is 18.2 Å². The van der Waals surface area contributed by atoms with Gasteiger partial charge in [-0.2, -0.15) is 0 Å². The molecule has 0 amide bonds. The van der Waals surface area contributed by atoms with Gasteiger partial charge in [0.2, 0.25) is 0 Å². The quantitative estimate of drug-likeness (QED) is 0.133. The van der Waals surface area contributed by atoms with E-state index in [1.807, 2.05) is 21.1 Å². The molecule has 24 heavy (non-hydrogen) atoms. The van der Waals surface area contributed by atoms with Crippen molar-refractivity contribution in [2.24, 2.45) is 0 Å². The molecule has 1 rings (SSSR count). The molecule has 0 aliphatic rings. The number of carbonyl (C=O) groups excluding carboxylic acids is 1. The number of quaternary nitrogens is 1. The fourth-order valence-corrected chi connectivity index (χ4v) is 1.14. The molecule has 0 radical (unpaired) electrons. The van der Waals surface area contributed by atoms with Crippen molar-refractivity contribution in [3.05, 3.63) is 29.8 Å². The third-order valence-electron chi connectivity index (χ3n) is 2.29. The Morgan fingerprint density at radius 3 is 2.12 bits per heavy atom. The summed E-state index contributed by atoms with van der Waals surface area (Å²) in [4.78, 5) is 11.6. The fourth-order valence-electron chi connectivity index (χ4n) is 1.14. The SMILES string of the molecule is C[N+](C)(C)CCOC(=O)c1ccccc1O.O=S([O-])S(=O)(=O)[O-].[K+]. The summed E-state index contributed by atoms with van der Waals surface area (Å²) in [5.74, 6) is -0.524. The summed E-state index contributed by atoms with van der Waals surface area (Å²) in [6.45, 7) is 1.08. The predicted molar refractivity (Wildman–Crippen MR) is 79.9 cm³/mol. The monoisotopic (exact) mass is 407 g/mol. The number of ether oxygens (including phenoxy) is 1. The number of phenolic OH excluding ortho intramolecular Hbond substituents is 1. The molecule has 0 aliphatic heterocycles. The maximum Gasteiger partial charge on any atom is 1.00 e. The van der Waals surface area contributed by atoms with Gasteiger partial charge in [-0.25, -0.2) is 13.2 Å². The van der Waals surface area contributed by atoms with Crippen molar-refractivity contribution >= 4 is 25.2 Å². The minimum Gasteiger partial charge on any atom is -0.761 e. The average molecular weight is 408 g/mol. The number of nitrogens with zero attached hydrogens (tertiary/aromatic N) is 1. The maximum absolute atomic E-state index is 11.6. The standard InChI is InChI=1S/C12H17NO3.K.H2O5S2/c1-13(2,3)8-9-16-12(15)10-6-4-5-7-11(10)14;;1-6(2)7(3,4)5/h4-7H,8-9H2,1-3H3;;(H,1,2)(H,3,4,5)/q;+1;/p-1. The molecule has 1 N–H and O–H groups in total. The molecular weight excluding hydrogens is 389 g/mol. The summed E-state index contributed by atoms with van der Waals surface area (Å²) in [6, 6.07) is 6.37. The van der Waals surface area contributed by atoms with Gasteiger partial charge in [0, 0.05) is 0 Å². The van der Waals surface area contributed by atoms with Gasteiger partial charge in [0.15, 0.2) is 9.15 Å². The van der Waals surface area contributed by atoms with E-state index < -0.39 is 25.2 Å². The van der Waals surface area contributed by atoms with E-state index in [9.17, 15) is 9.90 Å². The van der Waals surface area contributed by atoms with Gasteiger partial charge in [0.1, 0.15) is 24.5 Å². The Hall–Kier alpha value is 0.106. The Morgan fingerprint density at radius 2 is 1.75 bits per heavy atom. The Morgan fingerprint density at radius 1 is 1.29 bits per heavy atom. The summed E-state index contributed by atoms with van der Waals surface area (Å²) in [5.41, 5.74) is 0.212. The molecule has 0 bridgehead atoms. The van der Waals surface area contributed by atoms with Crippen LogP contribution >= 0.6 is 0 Å². The van der Waals surface area contributed by atoms with Crippen molar-refractivity contribution in [2.75, 3.05) is 34.3 Å². The van der Waals surface area contributed by atoms with Crippen LogP contribution in [0.25, 0.3) is 0 Å². The molecule has 0 fully saturated rings. The summed E-state index contributed by atoms with van der Waals surface area (Å²) in [5, 5.41) is 9.44. The Bertz CT molecular complexity index is 657. The van der Waals surface area contributed by atoms with Crippen molar-refractivity contribution in [1.29, 1.82) is 0 Å². The number of phenols is 1. The first-order valence-electron chi connectivity index (χ1n) is 6.16. The Kier molecular flexibility index (Phi) is 12.8. The maximum atomic E-state index is 11.6. The molecule has 0 saturated heterocycles. The molecule has 1 unspecified atom stereocenters. The fraction of sp³-hybridized carbons (Fsp3) is 0.417. The predicted octanol–water partition coefficient (Wildman–Crippen LogP) is -3.42. The van der Waals surface area contributed by atoms with Gasteiger partial charge in [0.25, 0.3) is 0 Å². The molecule has 0 heterocycles. The number of para-hydroxylation sites is 1. The molecular formula is C12H18KNO8S2. The van der Waals surface area contributed by atoms with E-state index in [4.69, 9.17) is 26.5 Å². The molecule has 9 nitrogen and oxygen atoms in total. The molecule has 1 aromatic carbocycles. The van der Waals surface area contributed by atoms with E-state index in [0.717, 1.165) is 11.0 Å². The summed E-state index contributed by atoms with van der Waals surface area (Å²) >= 11 is 0. The van der Waals surface area contributed by atoms with E-state index in [1.165, 1.54) is 6.07 Å². The zero-order valence-corrected chi connectivity index (χ0v) is 18.5. The second-order valence-corrected chi connectivity index (χ2v) is 8.55. The number of hydrogen-bond donors (Lipinski definition) is 1. The first-order valence-corrected chi connectivity index (χ1v) is 9.16. The zero-order chi connectivity index (χ0) is 18.3. The Balaban J connectivity index is 0. The van der Waals surface area contributed by atoms with Crippen LogP contribution in [0.15, 0.2) is 24.3 Å². The van der Waals surface area contributed by atoms with Gasteiger partial charge in [-0.3, -0.25) is 4.21 Å². The topological polar surface area (TPSA) is 144 Å². The summed E-state index contributed by atoms with van der Waals surface area (Å²) < 4.78 is 51.5. The van der Waals surface area contributed by atoms with Crippen LogP contribution in [0.3, 0.4) is 0 Å². The normalized spacial score (nSPS) is 12.2. The first kappa shape index (κ1) is 26.3. The van der Waals surface area contributed by atoms with Gasteiger partial charge in [-0.05, 0) is 12.1 Å². The van der Waals surface area contributed by atoms with Crippen molar-refractivity contribution in [3.8, 4) is 5.75 Å². The molecule has 0 saturated carbocycles. The van der Waals surface area contributed by atoms with Crippen LogP contribution in [-0.4, -0.2) is 71.6 Å². The van der Waals surface area contributed by atoms with Crippen LogP contribution in [0, 0.1) is 0 Å². The van der Waals surface area contributed by atoms with E-state index in [2.05, 4.69) is 0 Å². The first-order chi connectivity index (χ1) is 10.3. The second kappa shape index (κ2) is 11.7. The minimum atomic E-state index is -5.07. The molecule has 1 aromatic rings. The molecule has 12 heteroatoms. The van der Waals surface area contributed by atoms with Crippen LogP contribution in [0.4, 0.5) is 0 Å². The van der Waals surface area contributed by atoms with E-state index >= 15 is 0 Å². The third-order valence-corrected chi connectivity index (χ3v) is 3.62. The number of carbonyl (C=O) groups is 1. The minimum absolute atomic E-state index is 0. The van der Waals surface area contributed by atoms with Crippen LogP contribution in [0.2, 0.25) is 0 Å². The Labute approximate surface area is 185 Å². The van der Waals surface area contributed by atoms with Crippen molar-refractivity contribution in [2.45, 2.75) is 0 Å². The third kappa shape index (κ3) is 12.5. The number of esters is 1. The van der Waals surface area contributed by atoms with Gasteiger partial charge >= 0.3 is 57.4 Å². The average Bonchev–Trinajstić information content (AvgIpc) is 2.37. The number of likely N-dealkylation sites (N-methyl/N-ethyl adjacent to an activating group) is 1. The van der Waals surface area contributed by atoms with Gasteiger partial charge in [-0.15, -0.1) is 0 Å². The number of aromatic hydroxyl groups is 1. The van der Waals surface area contributed by atoms with Gasteiger partial charge in [0.05, 0.1) is 31.3 Å².